The van der Waals surface area contributed by atoms with Gasteiger partial charge >= 0.3 is 12.0 Å². The fraction of sp³-hybridized carbons (Fsp3) is 0.714. The monoisotopic (exact) mass is 266 g/mol. The highest BCUT2D eigenvalue weighted by molar-refractivity contribution is 5.82. The Morgan fingerprint density at radius 2 is 2.21 bits per heavy atom. The fourth-order valence-corrected chi connectivity index (χ4v) is 2.27. The molecule has 19 heavy (non-hydrogen) atoms. The van der Waals surface area contributed by atoms with Crippen LogP contribution >= 0.6 is 0 Å². The zero-order chi connectivity index (χ0) is 14.3. The van der Waals surface area contributed by atoms with E-state index in [1.165, 1.54) is 4.90 Å². The van der Waals surface area contributed by atoms with Crippen molar-refractivity contribution >= 4 is 12.0 Å². The molecule has 0 radical (unpaired) electrons. The zero-order valence-corrected chi connectivity index (χ0v) is 11.4. The number of rotatable bonds is 5. The van der Waals surface area contributed by atoms with Crippen molar-refractivity contribution in [1.82, 2.24) is 10.2 Å². The summed E-state index contributed by atoms with van der Waals surface area (Å²) in [5, 5.41) is 11.9. The van der Waals surface area contributed by atoms with E-state index in [0.29, 0.717) is 31.8 Å². The Bertz CT molecular complexity index is 362. The van der Waals surface area contributed by atoms with Crippen LogP contribution in [0.2, 0.25) is 0 Å². The fourth-order valence-electron chi connectivity index (χ4n) is 2.27. The van der Waals surface area contributed by atoms with Gasteiger partial charge in [-0.1, -0.05) is 6.92 Å². The topological polar surface area (TPSA) is 69.6 Å². The lowest BCUT2D eigenvalue weighted by Crippen LogP contribution is -2.53. The maximum atomic E-state index is 12.0. The molecule has 0 bridgehead atoms. The molecule has 0 aromatic heterocycles. The molecule has 0 saturated carbocycles. The molecule has 1 aliphatic rings. The summed E-state index contributed by atoms with van der Waals surface area (Å²) in [5.74, 6) is 1.97. The van der Waals surface area contributed by atoms with Gasteiger partial charge in [0.15, 0.2) is 0 Å². The van der Waals surface area contributed by atoms with Gasteiger partial charge in [0.1, 0.15) is 6.04 Å². The maximum Gasteiger partial charge on any atom is 0.326 e. The molecule has 1 aliphatic heterocycles. The number of urea groups is 1. The van der Waals surface area contributed by atoms with Gasteiger partial charge in [0.05, 0.1) is 0 Å². The molecule has 2 amide bonds. The lowest BCUT2D eigenvalue weighted by Gasteiger charge is -2.35. The minimum atomic E-state index is -0.922. The number of amides is 2. The number of unbranched alkanes of at least 4 members (excludes halogenated alkanes) is 2. The van der Waals surface area contributed by atoms with Gasteiger partial charge in [0.25, 0.3) is 0 Å². The zero-order valence-electron chi connectivity index (χ0n) is 11.4. The van der Waals surface area contributed by atoms with Gasteiger partial charge in [-0.05, 0) is 31.6 Å². The highest BCUT2D eigenvalue weighted by atomic mass is 16.4. The number of nitrogens with zero attached hydrogens (tertiary/aromatic N) is 1. The molecule has 2 atom stereocenters. The minimum absolute atomic E-state index is 0.278. The number of terminal acetylenes is 1. The van der Waals surface area contributed by atoms with Crippen molar-refractivity contribution in [3.8, 4) is 12.3 Å². The number of carboxylic acids is 1. The molecular weight excluding hydrogens is 244 g/mol. The molecule has 5 nitrogen and oxygen atoms in total. The molecule has 1 rings (SSSR count). The molecule has 1 saturated heterocycles. The first-order chi connectivity index (χ1) is 9.06. The van der Waals surface area contributed by atoms with E-state index in [4.69, 9.17) is 6.42 Å². The van der Waals surface area contributed by atoms with Gasteiger partial charge in [-0.2, -0.15) is 0 Å². The molecule has 2 unspecified atom stereocenters. The normalized spacial score (nSPS) is 22.6. The SMILES string of the molecule is C#CCCCCNC(=O)N1CCC(C)CC1C(=O)O. The van der Waals surface area contributed by atoms with E-state index >= 15 is 0 Å². The first-order valence-electron chi connectivity index (χ1n) is 6.77. The number of nitrogens with one attached hydrogen (secondary N) is 1. The van der Waals surface area contributed by atoms with E-state index in [1.807, 2.05) is 6.92 Å². The Kier molecular flexibility index (Phi) is 6.20. The van der Waals surface area contributed by atoms with Crippen LogP contribution in [-0.2, 0) is 4.79 Å². The van der Waals surface area contributed by atoms with Crippen molar-refractivity contribution in [1.29, 1.82) is 0 Å². The number of carbonyl (C=O) groups is 2. The second-order valence-electron chi connectivity index (χ2n) is 5.07. The van der Waals surface area contributed by atoms with Crippen molar-refractivity contribution in [2.75, 3.05) is 13.1 Å². The molecule has 1 heterocycles. The summed E-state index contributed by atoms with van der Waals surface area (Å²) in [7, 11) is 0. The molecule has 0 spiro atoms. The smallest absolute Gasteiger partial charge is 0.326 e. The maximum absolute atomic E-state index is 12.0. The molecule has 2 N–H and O–H groups in total. The van der Waals surface area contributed by atoms with Crippen LogP contribution in [0.4, 0.5) is 4.79 Å². The third kappa shape index (κ3) is 4.82. The summed E-state index contributed by atoms with van der Waals surface area (Å²) < 4.78 is 0. The van der Waals surface area contributed by atoms with E-state index in [0.717, 1.165) is 19.3 Å². The van der Waals surface area contributed by atoms with E-state index in [1.54, 1.807) is 0 Å². The summed E-state index contributed by atoms with van der Waals surface area (Å²) >= 11 is 0. The number of piperidine rings is 1. The summed E-state index contributed by atoms with van der Waals surface area (Å²) in [5.41, 5.74) is 0. The number of carboxylic acid groups (broad SMARTS) is 1. The van der Waals surface area contributed by atoms with Crippen LogP contribution < -0.4 is 5.32 Å². The molecule has 0 aromatic rings. The minimum Gasteiger partial charge on any atom is -0.480 e. The van der Waals surface area contributed by atoms with Crippen molar-refractivity contribution in [2.45, 2.75) is 45.1 Å². The number of carbonyl (C=O) groups excluding carboxylic acids is 1. The number of likely N-dealkylation sites (tertiary alicyclic amines) is 1. The second kappa shape index (κ2) is 7.67. The number of hydrogen-bond donors (Lipinski definition) is 2. The van der Waals surface area contributed by atoms with Crippen molar-refractivity contribution in [3.05, 3.63) is 0 Å². The lowest BCUT2D eigenvalue weighted by molar-refractivity contribution is -0.143. The summed E-state index contributed by atoms with van der Waals surface area (Å²) in [6.45, 7) is 3.07. The molecule has 5 heteroatoms. The third-order valence-corrected chi connectivity index (χ3v) is 3.43. The van der Waals surface area contributed by atoms with Crippen LogP contribution in [0.1, 0.15) is 39.0 Å². The van der Waals surface area contributed by atoms with Crippen LogP contribution in [0.15, 0.2) is 0 Å². The standard InChI is InChI=1S/C14H22N2O3/c1-3-4-5-6-8-15-14(19)16-9-7-11(2)10-12(16)13(17)18/h1,11-12H,4-10H2,2H3,(H,15,19)(H,17,18). The van der Waals surface area contributed by atoms with Gasteiger partial charge in [0, 0.05) is 19.5 Å². The van der Waals surface area contributed by atoms with Crippen molar-refractivity contribution in [2.24, 2.45) is 5.92 Å². The molecule has 0 aromatic carbocycles. The van der Waals surface area contributed by atoms with Crippen LogP contribution in [0.5, 0.6) is 0 Å². The molecule has 0 aliphatic carbocycles. The van der Waals surface area contributed by atoms with E-state index in [9.17, 15) is 14.7 Å². The Labute approximate surface area is 114 Å². The second-order valence-corrected chi connectivity index (χ2v) is 5.07. The number of aliphatic carboxylic acids is 1. The van der Waals surface area contributed by atoms with Gasteiger partial charge in [0.2, 0.25) is 0 Å². The highest BCUT2D eigenvalue weighted by Crippen LogP contribution is 2.22. The van der Waals surface area contributed by atoms with Crippen LogP contribution in [0.3, 0.4) is 0 Å². The van der Waals surface area contributed by atoms with Gasteiger partial charge in [-0.3, -0.25) is 0 Å². The molecular formula is C14H22N2O3. The highest BCUT2D eigenvalue weighted by Gasteiger charge is 2.34. The van der Waals surface area contributed by atoms with Crippen LogP contribution in [0, 0.1) is 18.3 Å². The van der Waals surface area contributed by atoms with Gasteiger partial charge in [-0.25, -0.2) is 9.59 Å². The Balaban J connectivity index is 2.41. The van der Waals surface area contributed by atoms with Crippen molar-refractivity contribution in [3.63, 3.8) is 0 Å². The molecule has 1 fully saturated rings. The van der Waals surface area contributed by atoms with E-state index in [-0.39, 0.29) is 6.03 Å². The number of hydrogen-bond acceptors (Lipinski definition) is 2. The lowest BCUT2D eigenvalue weighted by atomic mass is 9.93. The van der Waals surface area contributed by atoms with E-state index < -0.39 is 12.0 Å². The van der Waals surface area contributed by atoms with Gasteiger partial charge in [-0.15, -0.1) is 12.3 Å². The average Bonchev–Trinajstić information content (AvgIpc) is 2.38. The predicted molar refractivity (Wildman–Crippen MR) is 72.6 cm³/mol. The van der Waals surface area contributed by atoms with Crippen molar-refractivity contribution < 1.29 is 14.7 Å². The summed E-state index contributed by atoms with van der Waals surface area (Å²) in [4.78, 5) is 24.6. The van der Waals surface area contributed by atoms with E-state index in [2.05, 4.69) is 11.2 Å². The largest absolute Gasteiger partial charge is 0.480 e. The molecule has 106 valence electrons. The first kappa shape index (κ1) is 15.4. The first-order valence-corrected chi connectivity index (χ1v) is 6.77. The Morgan fingerprint density at radius 1 is 1.47 bits per heavy atom. The van der Waals surface area contributed by atoms with Crippen LogP contribution in [-0.4, -0.2) is 41.1 Å². The predicted octanol–water partition coefficient (Wildman–Crippen LogP) is 1.68. The Hall–Kier alpha value is -1.70. The summed E-state index contributed by atoms with van der Waals surface area (Å²) in [6, 6.07) is -0.977. The Morgan fingerprint density at radius 3 is 2.84 bits per heavy atom. The third-order valence-electron chi connectivity index (χ3n) is 3.43. The van der Waals surface area contributed by atoms with Crippen LogP contribution in [0.25, 0.3) is 0 Å². The summed E-state index contributed by atoms with van der Waals surface area (Å²) in [6.07, 6.45) is 8.92. The van der Waals surface area contributed by atoms with Gasteiger partial charge < -0.3 is 15.3 Å². The average molecular weight is 266 g/mol. The quantitative estimate of drug-likeness (QED) is 0.587.